The first kappa shape index (κ1) is 19.8. The van der Waals surface area contributed by atoms with E-state index in [9.17, 15) is 19.2 Å². The number of carbonyl (C=O) groups is 1. The average Bonchev–Trinajstić information content (AvgIpc) is 2.75. The molecule has 0 heterocycles. The van der Waals surface area contributed by atoms with Crippen LogP contribution in [0.25, 0.3) is 0 Å². The highest BCUT2D eigenvalue weighted by Crippen LogP contribution is 2.28. The van der Waals surface area contributed by atoms with Crippen LogP contribution < -0.4 is 5.43 Å². The second kappa shape index (κ2) is 9.29. The minimum Gasteiger partial charge on any atom is -0.506 e. The zero-order valence-electron chi connectivity index (χ0n) is 14.9. The second-order valence-corrected chi connectivity index (χ2v) is 6.34. The molecule has 0 saturated carbocycles. The summed E-state index contributed by atoms with van der Waals surface area (Å²) in [7, 11) is 0. The van der Waals surface area contributed by atoms with Gasteiger partial charge in [0.25, 0.3) is 0 Å². The van der Waals surface area contributed by atoms with Gasteiger partial charge in [0.15, 0.2) is 0 Å². The Bertz CT molecular complexity index is 1100. The molecule has 0 aromatic heterocycles. The van der Waals surface area contributed by atoms with Crippen LogP contribution in [-0.4, -0.2) is 26.2 Å². The third-order valence-electron chi connectivity index (χ3n) is 3.77. The number of amidine groups is 1. The fraction of sp³-hybridized carbons (Fsp3) is 0. The summed E-state index contributed by atoms with van der Waals surface area (Å²) < 4.78 is 11.0. The number of hydrogen-bond acceptors (Lipinski definition) is 6. The lowest BCUT2D eigenvalue weighted by Gasteiger charge is -2.06. The van der Waals surface area contributed by atoms with Gasteiger partial charge in [-0.1, -0.05) is 42.5 Å². The van der Waals surface area contributed by atoms with Crippen LogP contribution in [0.2, 0.25) is 0 Å². The van der Waals surface area contributed by atoms with Crippen LogP contribution in [0.15, 0.2) is 93.0 Å². The molecule has 0 spiro atoms. The Labute approximate surface area is 169 Å². The maximum Gasteiger partial charge on any atom is 0.337 e. The maximum absolute atomic E-state index is 11.4. The number of hydrazone groups is 1. The van der Waals surface area contributed by atoms with Gasteiger partial charge in [0.05, 0.1) is 27.8 Å². The zero-order valence-corrected chi connectivity index (χ0v) is 15.7. The summed E-state index contributed by atoms with van der Waals surface area (Å²) in [4.78, 5) is 11.7. The van der Waals surface area contributed by atoms with E-state index in [-0.39, 0.29) is 40.2 Å². The van der Waals surface area contributed by atoms with E-state index in [0.717, 1.165) is 0 Å². The molecular weight excluding hydrogens is 392 g/mol. The number of para-hydroxylation sites is 1. The quantitative estimate of drug-likeness (QED) is 0.244. The first-order valence-electron chi connectivity index (χ1n) is 8.34. The predicted molar refractivity (Wildman–Crippen MR) is 109 cm³/mol. The fourth-order valence-corrected chi connectivity index (χ4v) is 2.63. The lowest BCUT2D eigenvalue weighted by molar-refractivity contribution is 0.0698. The number of nitrogens with one attached hydrogen (secondary N) is 1. The summed E-state index contributed by atoms with van der Waals surface area (Å²) in [6, 6.07) is 19.5. The molecular formula is C20H15N4O4S. The molecule has 0 aliphatic rings. The Balaban J connectivity index is 1.97. The van der Waals surface area contributed by atoms with Crippen LogP contribution in [0, 0.1) is 0 Å². The summed E-state index contributed by atoms with van der Waals surface area (Å²) in [5.74, 6) is -1.07. The van der Waals surface area contributed by atoms with E-state index in [1.807, 2.05) is 6.07 Å². The monoisotopic (exact) mass is 407 g/mol. The topological polar surface area (TPSA) is 124 Å². The van der Waals surface area contributed by atoms with Gasteiger partial charge in [-0.15, -0.1) is 10.2 Å². The van der Waals surface area contributed by atoms with Crippen LogP contribution in [0.4, 0.5) is 11.4 Å². The minimum absolute atomic E-state index is 0.0541. The molecule has 29 heavy (non-hydrogen) atoms. The van der Waals surface area contributed by atoms with Crippen molar-refractivity contribution in [3.05, 3.63) is 83.9 Å². The van der Waals surface area contributed by atoms with Gasteiger partial charge in [-0.2, -0.15) is 5.10 Å². The number of azo groups is 1. The fourth-order valence-electron chi connectivity index (χ4n) is 2.35. The standard InChI is InChI=1S/C20H15N4O4S/c25-18-11-10-14(29-28)12-17(18)22-24-19(13-6-2-1-3-7-13)23-21-16-9-5-4-8-15(16)20(26)27/h1-12,21,25H,(H,26,27)/b23-19-,24-22+. The predicted octanol–water partition coefficient (Wildman–Crippen LogP) is 4.22. The number of carboxylic acids is 1. The van der Waals surface area contributed by atoms with Crippen molar-refractivity contribution in [1.29, 1.82) is 0 Å². The Morgan fingerprint density at radius 1 is 0.966 bits per heavy atom. The third kappa shape index (κ3) is 5.05. The van der Waals surface area contributed by atoms with Gasteiger partial charge in [0.2, 0.25) is 5.84 Å². The summed E-state index contributed by atoms with van der Waals surface area (Å²) in [6.45, 7) is 0. The molecule has 0 bridgehead atoms. The SMILES string of the molecule is O=[S]c1ccc(O)c(/N=N/C(=N\Nc2ccccc2C(=O)O)c2ccccc2)c1. The van der Waals surface area contributed by atoms with Gasteiger partial charge in [-0.05, 0) is 30.3 Å². The van der Waals surface area contributed by atoms with Crippen molar-refractivity contribution in [3.8, 4) is 5.75 Å². The van der Waals surface area contributed by atoms with Gasteiger partial charge in [-0.3, -0.25) is 5.43 Å². The molecule has 3 aromatic carbocycles. The van der Waals surface area contributed by atoms with Crippen molar-refractivity contribution < 1.29 is 19.2 Å². The molecule has 8 nitrogen and oxygen atoms in total. The molecule has 9 heteroatoms. The number of aromatic carboxylic acids is 1. The number of benzene rings is 3. The summed E-state index contributed by atoms with van der Waals surface area (Å²) in [5.41, 5.74) is 3.77. The molecule has 0 fully saturated rings. The Kier molecular flexibility index (Phi) is 6.33. The zero-order chi connectivity index (χ0) is 20.6. The first-order valence-corrected chi connectivity index (χ1v) is 9.08. The van der Waals surface area contributed by atoms with Crippen LogP contribution in [0.3, 0.4) is 0 Å². The molecule has 0 saturated heterocycles. The van der Waals surface area contributed by atoms with Crippen molar-refractivity contribution in [2.24, 2.45) is 15.3 Å². The molecule has 0 unspecified atom stereocenters. The number of anilines is 1. The number of rotatable bonds is 6. The van der Waals surface area contributed by atoms with E-state index in [0.29, 0.717) is 10.5 Å². The van der Waals surface area contributed by atoms with Crippen LogP contribution in [0.5, 0.6) is 5.75 Å². The van der Waals surface area contributed by atoms with E-state index in [1.165, 1.54) is 24.3 Å². The maximum atomic E-state index is 11.4. The largest absolute Gasteiger partial charge is 0.506 e. The van der Waals surface area contributed by atoms with Crippen LogP contribution in [-0.2, 0) is 11.7 Å². The van der Waals surface area contributed by atoms with Crippen molar-refractivity contribution in [1.82, 2.24) is 0 Å². The number of nitrogens with zero attached hydrogens (tertiary/aromatic N) is 3. The van der Waals surface area contributed by atoms with E-state index >= 15 is 0 Å². The lowest BCUT2D eigenvalue weighted by Crippen LogP contribution is -2.05. The number of phenolic OH excluding ortho intramolecular Hbond substituents is 1. The minimum atomic E-state index is -1.09. The van der Waals surface area contributed by atoms with E-state index in [4.69, 9.17) is 0 Å². The third-order valence-corrected chi connectivity index (χ3v) is 4.21. The van der Waals surface area contributed by atoms with E-state index in [2.05, 4.69) is 20.8 Å². The highest BCUT2D eigenvalue weighted by atomic mass is 32.1. The second-order valence-electron chi connectivity index (χ2n) is 5.70. The molecule has 0 aliphatic carbocycles. The van der Waals surface area contributed by atoms with Gasteiger partial charge >= 0.3 is 5.97 Å². The molecule has 0 atom stereocenters. The van der Waals surface area contributed by atoms with Crippen molar-refractivity contribution in [2.75, 3.05) is 5.43 Å². The van der Waals surface area contributed by atoms with Gasteiger partial charge < -0.3 is 10.2 Å². The highest BCUT2D eigenvalue weighted by molar-refractivity contribution is 7.65. The van der Waals surface area contributed by atoms with Crippen molar-refractivity contribution in [2.45, 2.75) is 4.90 Å². The average molecular weight is 407 g/mol. The van der Waals surface area contributed by atoms with Gasteiger partial charge in [0, 0.05) is 5.56 Å². The van der Waals surface area contributed by atoms with Crippen LogP contribution >= 0.6 is 0 Å². The van der Waals surface area contributed by atoms with Gasteiger partial charge in [-0.25, -0.2) is 9.00 Å². The lowest BCUT2D eigenvalue weighted by atomic mass is 10.2. The van der Waals surface area contributed by atoms with Crippen LogP contribution in [0.1, 0.15) is 15.9 Å². The summed E-state index contributed by atoms with van der Waals surface area (Å²) in [5, 5.41) is 31.5. The smallest absolute Gasteiger partial charge is 0.337 e. The summed E-state index contributed by atoms with van der Waals surface area (Å²) >= 11 is 0.273. The molecule has 3 rings (SSSR count). The Morgan fingerprint density at radius 2 is 1.69 bits per heavy atom. The molecule has 0 amide bonds. The van der Waals surface area contributed by atoms with Crippen molar-refractivity contribution in [3.63, 3.8) is 0 Å². The molecule has 3 aromatic rings. The Hall–Kier alpha value is -3.98. The van der Waals surface area contributed by atoms with Crippen molar-refractivity contribution >= 4 is 34.8 Å². The molecule has 1 radical (unpaired) electrons. The number of hydrogen-bond donors (Lipinski definition) is 3. The highest BCUT2D eigenvalue weighted by Gasteiger charge is 2.10. The van der Waals surface area contributed by atoms with Gasteiger partial charge in [0.1, 0.15) is 11.4 Å². The summed E-state index contributed by atoms with van der Waals surface area (Å²) in [6.07, 6.45) is 0. The number of aromatic hydroxyl groups is 1. The Morgan fingerprint density at radius 3 is 2.41 bits per heavy atom. The molecule has 3 N–H and O–H groups in total. The normalized spacial score (nSPS) is 11.4. The number of phenols is 1. The number of carboxylic acid groups (broad SMARTS) is 1. The first-order chi connectivity index (χ1) is 14.1. The van der Waals surface area contributed by atoms with E-state index < -0.39 is 5.97 Å². The molecule has 0 aliphatic heterocycles. The van der Waals surface area contributed by atoms with E-state index in [1.54, 1.807) is 42.5 Å². The molecule has 145 valence electrons.